The molecule has 212 valence electrons. The van der Waals surface area contributed by atoms with E-state index in [2.05, 4.69) is 170 Å². The second-order valence-corrected chi connectivity index (χ2v) is 12.3. The molecule has 0 aliphatic heterocycles. The van der Waals surface area contributed by atoms with Crippen LogP contribution in [0.4, 0.5) is 0 Å². The number of fused-ring (bicyclic) bond motifs is 10. The van der Waals surface area contributed by atoms with E-state index >= 15 is 0 Å². The topological polar surface area (TPSA) is 16.8 Å². The highest BCUT2D eigenvalue weighted by Gasteiger charge is 2.51. The predicted octanol–water partition coefficient (Wildman–Crippen LogP) is 9.56. The monoisotopic (exact) mass is 575 g/mol. The lowest BCUT2D eigenvalue weighted by molar-refractivity contribution is -0.659. The van der Waals surface area contributed by atoms with Gasteiger partial charge in [-0.1, -0.05) is 133 Å². The lowest BCUT2D eigenvalue weighted by Crippen LogP contribution is -2.32. The summed E-state index contributed by atoms with van der Waals surface area (Å²) in [4.78, 5) is 5.45. The van der Waals surface area contributed by atoms with Crippen LogP contribution in [0, 0.1) is 6.92 Å². The maximum atomic E-state index is 5.45. The first kappa shape index (κ1) is 25.9. The van der Waals surface area contributed by atoms with Crippen LogP contribution in [0.2, 0.25) is 0 Å². The Morgan fingerprint density at radius 1 is 0.489 bits per heavy atom. The van der Waals surface area contributed by atoms with E-state index in [1.807, 2.05) is 0 Å². The van der Waals surface area contributed by atoms with Gasteiger partial charge in [0.2, 0.25) is 5.69 Å². The first-order valence-electron chi connectivity index (χ1n) is 15.6. The summed E-state index contributed by atoms with van der Waals surface area (Å²) in [6.07, 6.45) is 2.16. The SMILES string of the molecule is Cc1ccccc1-c1c(-c2ccc3c(c2)C2(c4ccccc4-c4ccccc42)c2ccccc2-3)nc(-c2ccccc2)c[n+]1C. The number of rotatable bonds is 3. The van der Waals surface area contributed by atoms with Crippen molar-refractivity contribution in [3.05, 3.63) is 180 Å². The zero-order valence-corrected chi connectivity index (χ0v) is 25.3. The van der Waals surface area contributed by atoms with Crippen LogP contribution in [-0.2, 0) is 12.5 Å². The van der Waals surface area contributed by atoms with Crippen LogP contribution >= 0.6 is 0 Å². The maximum absolute atomic E-state index is 5.45. The Morgan fingerprint density at radius 3 is 1.60 bits per heavy atom. The average molecular weight is 576 g/mol. The van der Waals surface area contributed by atoms with E-state index in [1.54, 1.807) is 0 Å². The van der Waals surface area contributed by atoms with Gasteiger partial charge in [0.15, 0.2) is 6.20 Å². The second-order valence-electron chi connectivity index (χ2n) is 12.3. The third-order valence-electron chi connectivity index (χ3n) is 9.87. The summed E-state index contributed by atoms with van der Waals surface area (Å²) in [6, 6.07) is 53.1. The van der Waals surface area contributed by atoms with Crippen LogP contribution in [0.3, 0.4) is 0 Å². The van der Waals surface area contributed by atoms with E-state index in [1.165, 1.54) is 55.6 Å². The smallest absolute Gasteiger partial charge is 0.234 e. The van der Waals surface area contributed by atoms with Gasteiger partial charge in [-0.05, 0) is 69.1 Å². The van der Waals surface area contributed by atoms with E-state index in [9.17, 15) is 0 Å². The minimum atomic E-state index is -0.392. The Morgan fingerprint density at radius 2 is 1.00 bits per heavy atom. The number of nitrogens with zero attached hydrogens (tertiary/aromatic N) is 2. The molecule has 0 unspecified atom stereocenters. The molecule has 7 aromatic rings. The molecular formula is C43H31N2+. The molecule has 1 aromatic heterocycles. The maximum Gasteiger partial charge on any atom is 0.239 e. The molecule has 1 spiro atoms. The van der Waals surface area contributed by atoms with Crippen LogP contribution in [0.15, 0.2) is 152 Å². The van der Waals surface area contributed by atoms with Crippen molar-refractivity contribution in [3.63, 3.8) is 0 Å². The minimum Gasteiger partial charge on any atom is -0.234 e. The van der Waals surface area contributed by atoms with Crippen LogP contribution in [0.25, 0.3) is 56.0 Å². The highest BCUT2D eigenvalue weighted by molar-refractivity contribution is 5.96. The average Bonchev–Trinajstić information content (AvgIpc) is 3.56. The molecule has 1 heterocycles. The first-order valence-corrected chi connectivity index (χ1v) is 15.6. The fourth-order valence-electron chi connectivity index (χ4n) is 7.96. The summed E-state index contributed by atoms with van der Waals surface area (Å²) in [5, 5.41) is 0. The largest absolute Gasteiger partial charge is 0.239 e. The van der Waals surface area contributed by atoms with Gasteiger partial charge in [-0.2, -0.15) is 4.57 Å². The summed E-state index contributed by atoms with van der Waals surface area (Å²) in [5.41, 5.74) is 17.9. The molecule has 9 rings (SSSR count). The molecular weight excluding hydrogens is 544 g/mol. The minimum absolute atomic E-state index is 0.392. The number of hydrogen-bond donors (Lipinski definition) is 0. The van der Waals surface area contributed by atoms with E-state index in [-0.39, 0.29) is 0 Å². The van der Waals surface area contributed by atoms with Crippen molar-refractivity contribution in [2.75, 3.05) is 0 Å². The summed E-state index contributed by atoms with van der Waals surface area (Å²) < 4.78 is 2.25. The fraction of sp³-hybridized carbons (Fsp3) is 0.0698. The van der Waals surface area contributed by atoms with Crippen LogP contribution in [0.5, 0.6) is 0 Å². The molecule has 0 bridgehead atoms. The summed E-state index contributed by atoms with van der Waals surface area (Å²) in [6.45, 7) is 2.19. The molecule has 0 saturated heterocycles. The Labute approximate surface area is 264 Å². The van der Waals surface area contributed by atoms with Crippen LogP contribution in [-0.4, -0.2) is 4.98 Å². The van der Waals surface area contributed by atoms with Crippen molar-refractivity contribution < 1.29 is 4.57 Å². The van der Waals surface area contributed by atoms with Crippen molar-refractivity contribution >= 4 is 0 Å². The molecule has 0 fully saturated rings. The van der Waals surface area contributed by atoms with Crippen molar-refractivity contribution in [1.29, 1.82) is 0 Å². The van der Waals surface area contributed by atoms with Gasteiger partial charge in [0.25, 0.3) is 0 Å². The predicted molar refractivity (Wildman–Crippen MR) is 183 cm³/mol. The summed E-state index contributed by atoms with van der Waals surface area (Å²) in [7, 11) is 2.15. The van der Waals surface area contributed by atoms with Gasteiger partial charge in [-0.3, -0.25) is 0 Å². The number of aromatic nitrogens is 2. The molecule has 45 heavy (non-hydrogen) atoms. The molecule has 0 amide bonds. The Kier molecular flexibility index (Phi) is 5.58. The standard InChI is InChI=1S/C43H31N2/c1-28-14-6-7-17-31(28)42-41(44-40(27-45(42)2)29-15-4-3-5-16-29)30-24-25-35-34-20-10-13-23-38(34)43(39(35)26-30)36-21-11-8-18-32(36)33-19-9-12-22-37(33)43/h3-27H,1-2H3/q+1. The van der Waals surface area contributed by atoms with Crippen molar-refractivity contribution in [2.24, 2.45) is 7.05 Å². The molecule has 6 aromatic carbocycles. The van der Waals surface area contributed by atoms with E-state index in [0.717, 1.165) is 28.2 Å². The number of aryl methyl sites for hydroxylation is 2. The second kappa shape index (κ2) is 9.70. The fourth-order valence-corrected chi connectivity index (χ4v) is 7.96. The zero-order valence-electron chi connectivity index (χ0n) is 25.3. The Balaban J connectivity index is 1.37. The third-order valence-corrected chi connectivity index (χ3v) is 9.87. The first-order chi connectivity index (χ1) is 22.2. The van der Waals surface area contributed by atoms with Crippen molar-refractivity contribution in [1.82, 2.24) is 4.98 Å². The van der Waals surface area contributed by atoms with Gasteiger partial charge in [0, 0.05) is 11.1 Å². The number of benzene rings is 6. The molecule has 0 radical (unpaired) electrons. The third kappa shape index (κ3) is 3.57. The molecule has 2 nitrogen and oxygen atoms in total. The van der Waals surface area contributed by atoms with Crippen LogP contribution < -0.4 is 4.57 Å². The van der Waals surface area contributed by atoms with E-state index in [4.69, 9.17) is 4.98 Å². The lowest BCUT2D eigenvalue weighted by Gasteiger charge is -2.30. The van der Waals surface area contributed by atoms with E-state index < -0.39 is 5.41 Å². The van der Waals surface area contributed by atoms with Gasteiger partial charge in [-0.25, -0.2) is 4.98 Å². The quantitative estimate of drug-likeness (QED) is 0.192. The Bertz CT molecular complexity index is 2230. The number of hydrogen-bond acceptors (Lipinski definition) is 1. The van der Waals surface area contributed by atoms with E-state index in [0.29, 0.717) is 0 Å². The molecule has 0 saturated carbocycles. The summed E-state index contributed by atoms with van der Waals surface area (Å²) in [5.74, 6) is 0. The van der Waals surface area contributed by atoms with Crippen molar-refractivity contribution in [3.8, 4) is 56.0 Å². The molecule has 2 heteroatoms. The van der Waals surface area contributed by atoms with Gasteiger partial charge in [0.05, 0.1) is 11.0 Å². The highest BCUT2D eigenvalue weighted by Crippen LogP contribution is 2.63. The highest BCUT2D eigenvalue weighted by atomic mass is 15.0. The van der Waals surface area contributed by atoms with Gasteiger partial charge < -0.3 is 0 Å². The van der Waals surface area contributed by atoms with Gasteiger partial charge in [-0.15, -0.1) is 0 Å². The molecule has 2 aliphatic carbocycles. The van der Waals surface area contributed by atoms with Crippen LogP contribution in [0.1, 0.15) is 27.8 Å². The molecule has 0 atom stereocenters. The zero-order chi connectivity index (χ0) is 30.1. The molecule has 2 aliphatic rings. The Hall–Kier alpha value is -5.60. The molecule has 0 N–H and O–H groups in total. The lowest BCUT2D eigenvalue weighted by atomic mass is 9.70. The summed E-state index contributed by atoms with van der Waals surface area (Å²) >= 11 is 0. The van der Waals surface area contributed by atoms with Gasteiger partial charge >= 0.3 is 0 Å². The van der Waals surface area contributed by atoms with Gasteiger partial charge in [0.1, 0.15) is 18.4 Å². The normalized spacial score (nSPS) is 13.3. The van der Waals surface area contributed by atoms with Crippen molar-refractivity contribution in [2.45, 2.75) is 12.3 Å².